The zero-order valence-electron chi connectivity index (χ0n) is 6.02. The van der Waals surface area contributed by atoms with E-state index in [1.807, 2.05) is 0 Å². The van der Waals surface area contributed by atoms with E-state index >= 15 is 0 Å². The summed E-state index contributed by atoms with van der Waals surface area (Å²) in [6.07, 6.45) is 1.42. The van der Waals surface area contributed by atoms with Crippen LogP contribution in [0.15, 0.2) is 11.1 Å². The van der Waals surface area contributed by atoms with Crippen LogP contribution in [-0.4, -0.2) is 19.7 Å². The molecule has 0 fully saturated rings. The summed E-state index contributed by atoms with van der Waals surface area (Å²) in [4.78, 5) is 8.06. The van der Waals surface area contributed by atoms with Crippen molar-refractivity contribution in [1.29, 1.82) is 0 Å². The van der Waals surface area contributed by atoms with Crippen molar-refractivity contribution in [2.75, 3.05) is 11.1 Å². The van der Waals surface area contributed by atoms with E-state index in [1.54, 1.807) is 0 Å². The normalized spacial score (nSPS) is 26.4. The summed E-state index contributed by atoms with van der Waals surface area (Å²) in [5, 5.41) is 2.73. The van der Waals surface area contributed by atoms with E-state index in [0.717, 1.165) is 0 Å². The summed E-state index contributed by atoms with van der Waals surface area (Å²) in [7, 11) is -1.26. The molecule has 1 aromatic heterocycles. The predicted octanol–water partition coefficient (Wildman–Crippen LogP) is -1.17. The quantitative estimate of drug-likeness (QED) is 0.470. The van der Waals surface area contributed by atoms with Crippen molar-refractivity contribution < 1.29 is 4.21 Å². The molecule has 1 aliphatic heterocycles. The van der Waals surface area contributed by atoms with Crippen LogP contribution in [0.25, 0.3) is 0 Å². The van der Waals surface area contributed by atoms with Gasteiger partial charge in [-0.05, 0) is 0 Å². The van der Waals surface area contributed by atoms with Crippen LogP contribution in [0.4, 0.5) is 11.8 Å². The fourth-order valence-electron chi connectivity index (χ4n) is 0.960. The van der Waals surface area contributed by atoms with Crippen molar-refractivity contribution in [2.45, 2.75) is 10.4 Å². The number of nitrogen functional groups attached to an aromatic ring is 1. The van der Waals surface area contributed by atoms with E-state index in [0.29, 0.717) is 10.7 Å². The highest BCUT2D eigenvalue weighted by molar-refractivity contribution is 7.86. The van der Waals surface area contributed by atoms with Gasteiger partial charge in [-0.3, -0.25) is 4.21 Å². The number of rotatable bonds is 0. The van der Waals surface area contributed by atoms with Gasteiger partial charge in [0.05, 0.1) is 17.0 Å². The third-order valence-electron chi connectivity index (χ3n) is 1.50. The first-order valence-electron chi connectivity index (χ1n) is 3.23. The average Bonchev–Trinajstić information content (AvgIpc) is 2.28. The average molecular weight is 185 g/mol. The molecule has 0 saturated heterocycles. The molecule has 1 aliphatic rings. The Morgan fingerprint density at radius 3 is 3.17 bits per heavy atom. The summed E-state index contributed by atoms with van der Waals surface area (Å²) < 4.78 is 11.3. The molecule has 0 saturated carbocycles. The Morgan fingerprint density at radius 1 is 1.67 bits per heavy atom. The van der Waals surface area contributed by atoms with Crippen LogP contribution >= 0.6 is 0 Å². The molecule has 7 heteroatoms. The standard InChI is InChI=1S/C5H7N5OS/c6-4-8-1-2-3(9-4)10-5(7)12(2)11/h1,5H,7H2,(H3,6,8,9,10)/t5-,12+/m1/s1. The fraction of sp³-hybridized carbons (Fsp3) is 0.200. The molecular formula is C5H7N5OS. The highest BCUT2D eigenvalue weighted by Gasteiger charge is 2.27. The topological polar surface area (TPSA) is 107 Å². The first-order chi connectivity index (χ1) is 5.68. The van der Waals surface area contributed by atoms with E-state index in [1.165, 1.54) is 6.20 Å². The van der Waals surface area contributed by atoms with Crippen LogP contribution in [0.3, 0.4) is 0 Å². The Kier molecular flexibility index (Phi) is 1.48. The van der Waals surface area contributed by atoms with Gasteiger partial charge in [0.25, 0.3) is 0 Å². The summed E-state index contributed by atoms with van der Waals surface area (Å²) in [6, 6.07) is 0. The number of nitrogens with zero attached hydrogens (tertiary/aromatic N) is 2. The lowest BCUT2D eigenvalue weighted by Crippen LogP contribution is -2.28. The molecule has 64 valence electrons. The van der Waals surface area contributed by atoms with Gasteiger partial charge in [-0.25, -0.2) is 4.98 Å². The van der Waals surface area contributed by atoms with Crippen molar-refractivity contribution in [3.05, 3.63) is 6.20 Å². The van der Waals surface area contributed by atoms with E-state index < -0.39 is 16.3 Å². The second kappa shape index (κ2) is 2.39. The molecular weight excluding hydrogens is 178 g/mol. The minimum absolute atomic E-state index is 0.146. The molecule has 0 amide bonds. The van der Waals surface area contributed by atoms with Gasteiger partial charge in [-0.2, -0.15) is 4.98 Å². The number of aromatic nitrogens is 2. The van der Waals surface area contributed by atoms with Crippen molar-refractivity contribution >= 4 is 22.6 Å². The van der Waals surface area contributed by atoms with Crippen molar-refractivity contribution in [3.63, 3.8) is 0 Å². The Hall–Kier alpha value is -1.21. The first-order valence-corrected chi connectivity index (χ1v) is 4.45. The fourth-order valence-corrected chi connectivity index (χ4v) is 1.90. The van der Waals surface area contributed by atoms with E-state index in [9.17, 15) is 4.21 Å². The van der Waals surface area contributed by atoms with Gasteiger partial charge in [0, 0.05) is 0 Å². The molecule has 12 heavy (non-hydrogen) atoms. The van der Waals surface area contributed by atoms with Crippen LogP contribution in [-0.2, 0) is 10.8 Å². The lowest BCUT2D eigenvalue weighted by atomic mass is 10.6. The van der Waals surface area contributed by atoms with Gasteiger partial charge in [-0.1, -0.05) is 0 Å². The Morgan fingerprint density at radius 2 is 2.42 bits per heavy atom. The second-order valence-electron chi connectivity index (χ2n) is 2.30. The first kappa shape index (κ1) is 7.44. The second-order valence-corrected chi connectivity index (χ2v) is 3.85. The van der Waals surface area contributed by atoms with Gasteiger partial charge < -0.3 is 16.8 Å². The van der Waals surface area contributed by atoms with Crippen molar-refractivity contribution in [1.82, 2.24) is 9.97 Å². The van der Waals surface area contributed by atoms with Crippen LogP contribution in [0, 0.1) is 0 Å². The molecule has 2 rings (SSSR count). The number of hydrogen-bond acceptors (Lipinski definition) is 6. The molecule has 6 nitrogen and oxygen atoms in total. The smallest absolute Gasteiger partial charge is 0.222 e. The number of fused-ring (bicyclic) bond motifs is 1. The molecule has 0 radical (unpaired) electrons. The minimum Gasteiger partial charge on any atom is -0.368 e. The minimum atomic E-state index is -1.26. The molecule has 1 aromatic rings. The van der Waals surface area contributed by atoms with Crippen molar-refractivity contribution in [3.8, 4) is 0 Å². The highest BCUT2D eigenvalue weighted by atomic mass is 32.2. The maximum atomic E-state index is 11.3. The van der Waals surface area contributed by atoms with Crippen molar-refractivity contribution in [2.24, 2.45) is 5.73 Å². The zero-order chi connectivity index (χ0) is 8.72. The van der Waals surface area contributed by atoms with E-state index in [-0.39, 0.29) is 5.95 Å². The molecule has 0 bridgehead atoms. The summed E-state index contributed by atoms with van der Waals surface area (Å²) in [5.41, 5.74) is 10.2. The predicted molar refractivity (Wildman–Crippen MR) is 44.5 cm³/mol. The van der Waals surface area contributed by atoms with Gasteiger partial charge in [-0.15, -0.1) is 0 Å². The van der Waals surface area contributed by atoms with Crippen LogP contribution in [0.5, 0.6) is 0 Å². The van der Waals surface area contributed by atoms with Gasteiger partial charge in [0.15, 0.2) is 5.50 Å². The molecule has 5 N–H and O–H groups in total. The number of anilines is 2. The van der Waals surface area contributed by atoms with Crippen LogP contribution in [0.2, 0.25) is 0 Å². The number of nitrogens with two attached hydrogens (primary N) is 2. The Bertz CT molecular complexity index is 354. The molecule has 0 aromatic carbocycles. The lowest BCUT2D eigenvalue weighted by Gasteiger charge is -1.98. The van der Waals surface area contributed by atoms with Crippen LogP contribution < -0.4 is 16.8 Å². The summed E-state index contributed by atoms with van der Waals surface area (Å²) >= 11 is 0. The Balaban J connectivity index is 2.54. The van der Waals surface area contributed by atoms with Gasteiger partial charge in [0.1, 0.15) is 10.7 Å². The number of nitrogens with one attached hydrogen (secondary N) is 1. The zero-order valence-corrected chi connectivity index (χ0v) is 6.84. The highest BCUT2D eigenvalue weighted by Crippen LogP contribution is 2.25. The third kappa shape index (κ3) is 0.942. The van der Waals surface area contributed by atoms with Crippen LogP contribution in [0.1, 0.15) is 0 Å². The van der Waals surface area contributed by atoms with Gasteiger partial charge >= 0.3 is 0 Å². The summed E-state index contributed by atoms with van der Waals surface area (Å²) in [5.74, 6) is 0.612. The molecule has 2 atom stereocenters. The SMILES string of the molecule is Nc1ncc2c(n1)N[C@@H](N)[S@]2=O. The molecule has 0 aliphatic carbocycles. The lowest BCUT2D eigenvalue weighted by molar-refractivity contribution is 0.679. The molecule has 0 spiro atoms. The number of hydrogen-bond donors (Lipinski definition) is 3. The maximum absolute atomic E-state index is 11.3. The monoisotopic (exact) mass is 185 g/mol. The third-order valence-corrected chi connectivity index (χ3v) is 2.81. The summed E-state index contributed by atoms with van der Waals surface area (Å²) in [6.45, 7) is 0. The maximum Gasteiger partial charge on any atom is 0.222 e. The Labute approximate surface area is 70.8 Å². The molecule has 0 unspecified atom stereocenters. The van der Waals surface area contributed by atoms with E-state index in [2.05, 4.69) is 15.3 Å². The van der Waals surface area contributed by atoms with E-state index in [4.69, 9.17) is 11.5 Å². The molecule has 2 heterocycles. The largest absolute Gasteiger partial charge is 0.368 e. The van der Waals surface area contributed by atoms with Gasteiger partial charge in [0.2, 0.25) is 5.95 Å².